The van der Waals surface area contributed by atoms with E-state index in [1.54, 1.807) is 4.57 Å². The van der Waals surface area contributed by atoms with Crippen LogP contribution in [0.5, 0.6) is 0 Å². The minimum atomic E-state index is -4.23. The molecule has 0 radical (unpaired) electrons. The average molecular weight is 443 g/mol. The van der Waals surface area contributed by atoms with E-state index in [0.717, 1.165) is 25.7 Å². The molecule has 13 nitrogen and oxygen atoms in total. The molecule has 2 unspecified atom stereocenters. The number of aromatic nitrogens is 4. The zero-order chi connectivity index (χ0) is 21.3. The van der Waals surface area contributed by atoms with E-state index in [4.69, 9.17) is 25.3 Å². The highest BCUT2D eigenvalue weighted by molar-refractivity contribution is 7.47. The Labute approximate surface area is 172 Å². The van der Waals surface area contributed by atoms with Gasteiger partial charge in [0.1, 0.15) is 24.6 Å². The highest BCUT2D eigenvalue weighted by atomic mass is 31.2. The van der Waals surface area contributed by atoms with Crippen LogP contribution < -0.4 is 16.8 Å². The fourth-order valence-corrected chi connectivity index (χ4v) is 4.63. The van der Waals surface area contributed by atoms with Gasteiger partial charge in [0, 0.05) is 6.54 Å². The number of nitrogens with one attached hydrogen (secondary N) is 1. The third kappa shape index (κ3) is 4.14. The lowest BCUT2D eigenvalue weighted by Gasteiger charge is -2.27. The summed E-state index contributed by atoms with van der Waals surface area (Å²) in [5.41, 5.74) is 12.2. The number of rotatable bonds is 8. The number of aliphatic hydroxyl groups excluding tert-OH is 1. The number of ether oxygens (including phenoxy) is 1. The number of aliphatic hydroxyl groups is 1. The van der Waals surface area contributed by atoms with Gasteiger partial charge in [-0.15, -0.1) is 0 Å². The maximum atomic E-state index is 11.8. The summed E-state index contributed by atoms with van der Waals surface area (Å²) in [7, 11) is -4.23. The molecule has 30 heavy (non-hydrogen) atoms. The van der Waals surface area contributed by atoms with Crippen LogP contribution >= 0.6 is 7.82 Å². The van der Waals surface area contributed by atoms with E-state index in [-0.39, 0.29) is 12.4 Å². The summed E-state index contributed by atoms with van der Waals surface area (Å²) in [6, 6.07) is 0. The van der Waals surface area contributed by atoms with E-state index < -0.39 is 32.4 Å². The Morgan fingerprint density at radius 3 is 2.90 bits per heavy atom. The fraction of sp³-hybridized carbons (Fsp3) is 0.688. The van der Waals surface area contributed by atoms with E-state index in [0.29, 0.717) is 30.2 Å². The zero-order valence-corrected chi connectivity index (χ0v) is 17.1. The first-order valence-corrected chi connectivity index (χ1v) is 11.3. The van der Waals surface area contributed by atoms with Gasteiger partial charge in [-0.05, 0) is 19.4 Å². The Hall–Kier alpha value is -1.86. The van der Waals surface area contributed by atoms with E-state index >= 15 is 0 Å². The number of phosphoric acid groups is 1. The van der Waals surface area contributed by atoms with Gasteiger partial charge in [-0.25, -0.2) is 19.5 Å². The van der Waals surface area contributed by atoms with E-state index in [2.05, 4.69) is 20.3 Å². The van der Waals surface area contributed by atoms with Gasteiger partial charge in [-0.1, -0.05) is 12.8 Å². The molecular weight excluding hydrogens is 417 g/mol. The van der Waals surface area contributed by atoms with Crippen molar-refractivity contribution in [1.82, 2.24) is 19.5 Å². The molecule has 4 rings (SSSR count). The van der Waals surface area contributed by atoms with Crippen molar-refractivity contribution in [2.24, 2.45) is 5.73 Å². The second-order valence-corrected chi connectivity index (χ2v) is 8.66. The molecule has 2 aliphatic rings. The molecule has 14 heteroatoms. The molecule has 7 N–H and O–H groups in total. The van der Waals surface area contributed by atoms with Crippen LogP contribution in [0.2, 0.25) is 0 Å². The van der Waals surface area contributed by atoms with Crippen LogP contribution in [0.3, 0.4) is 0 Å². The van der Waals surface area contributed by atoms with Gasteiger partial charge in [-0.3, -0.25) is 13.6 Å². The molecule has 0 aliphatic carbocycles. The van der Waals surface area contributed by atoms with Crippen molar-refractivity contribution in [3.63, 3.8) is 0 Å². The predicted octanol–water partition coefficient (Wildman–Crippen LogP) is 0.114. The van der Waals surface area contributed by atoms with Gasteiger partial charge in [0.15, 0.2) is 23.2 Å². The largest absolute Gasteiger partial charge is 0.472 e. The SMILES string of the molecule is NCCCCCCNc1nc2c(N)ncnc2n1[C@@H]1O[C@@H]2COP(=O)(O)OC2[C@@H]1O. The number of imidazole rings is 1. The van der Waals surface area contributed by atoms with Crippen LogP contribution in [-0.4, -0.2) is 67.5 Å². The molecule has 4 heterocycles. The summed E-state index contributed by atoms with van der Waals surface area (Å²) in [4.78, 5) is 22.3. The normalized spacial score (nSPS) is 31.2. The Morgan fingerprint density at radius 2 is 2.10 bits per heavy atom. The molecule has 2 aliphatic heterocycles. The number of nitrogens with two attached hydrogens (primary N) is 2. The van der Waals surface area contributed by atoms with Crippen LogP contribution in [0.25, 0.3) is 11.2 Å². The highest BCUT2D eigenvalue weighted by Gasteiger charge is 2.53. The second-order valence-electron chi connectivity index (χ2n) is 7.26. The quantitative estimate of drug-likeness (QED) is 0.273. The van der Waals surface area contributed by atoms with E-state index in [1.807, 2.05) is 0 Å². The molecule has 5 atom stereocenters. The first-order chi connectivity index (χ1) is 14.4. The molecule has 2 fully saturated rings. The molecule has 0 spiro atoms. The molecular formula is C16H26N7O6P. The second kappa shape index (κ2) is 8.71. The summed E-state index contributed by atoms with van der Waals surface area (Å²) in [6.07, 6.45) is 1.25. The number of hydrogen-bond acceptors (Lipinski definition) is 11. The first kappa shape index (κ1) is 21.4. The van der Waals surface area contributed by atoms with Gasteiger partial charge in [0.25, 0.3) is 0 Å². The summed E-state index contributed by atoms with van der Waals surface area (Å²) in [5, 5.41) is 14.0. The van der Waals surface area contributed by atoms with Gasteiger partial charge >= 0.3 is 7.82 Å². The van der Waals surface area contributed by atoms with Crippen molar-refractivity contribution in [3.8, 4) is 0 Å². The van der Waals surface area contributed by atoms with Crippen molar-refractivity contribution in [2.45, 2.75) is 50.2 Å². The van der Waals surface area contributed by atoms with Crippen molar-refractivity contribution >= 4 is 30.8 Å². The number of nitrogen functional groups attached to an aromatic ring is 1. The Balaban J connectivity index is 1.59. The van der Waals surface area contributed by atoms with Crippen molar-refractivity contribution < 1.29 is 28.3 Å². The smallest absolute Gasteiger partial charge is 0.386 e. The van der Waals surface area contributed by atoms with E-state index in [1.165, 1.54) is 6.33 Å². The molecule has 166 valence electrons. The van der Waals surface area contributed by atoms with Crippen molar-refractivity contribution in [3.05, 3.63) is 6.33 Å². The number of anilines is 2. The third-order valence-electron chi connectivity index (χ3n) is 5.14. The Kier molecular flexibility index (Phi) is 6.21. The minimum Gasteiger partial charge on any atom is -0.386 e. The minimum absolute atomic E-state index is 0.181. The lowest BCUT2D eigenvalue weighted by Crippen LogP contribution is -2.39. The molecule has 0 saturated carbocycles. The van der Waals surface area contributed by atoms with Gasteiger partial charge < -0.3 is 31.5 Å². The van der Waals surface area contributed by atoms with Gasteiger partial charge in [0.2, 0.25) is 5.95 Å². The summed E-state index contributed by atoms with van der Waals surface area (Å²) in [5.74, 6) is 0.584. The number of nitrogens with zero attached hydrogens (tertiary/aromatic N) is 4. The number of unbranched alkanes of at least 4 members (excludes halogenated alkanes) is 3. The third-order valence-corrected chi connectivity index (χ3v) is 6.13. The zero-order valence-electron chi connectivity index (χ0n) is 16.3. The number of fused-ring (bicyclic) bond motifs is 2. The molecule has 2 aromatic heterocycles. The predicted molar refractivity (Wildman–Crippen MR) is 106 cm³/mol. The summed E-state index contributed by atoms with van der Waals surface area (Å²) in [6.45, 7) is 1.12. The number of phosphoric ester groups is 1. The lowest BCUT2D eigenvalue weighted by molar-refractivity contribution is -0.0659. The molecule has 0 aromatic carbocycles. The average Bonchev–Trinajstić information content (AvgIpc) is 3.22. The molecule has 2 aromatic rings. The summed E-state index contributed by atoms with van der Waals surface area (Å²) >= 11 is 0. The molecule has 0 amide bonds. The summed E-state index contributed by atoms with van der Waals surface area (Å²) < 4.78 is 29.1. The first-order valence-electron chi connectivity index (χ1n) is 9.83. The molecule has 2 saturated heterocycles. The standard InChI is InChI=1S/C16H26N7O6P/c17-5-3-1-2-4-6-19-16-22-10-13(18)20-8-21-14(10)23(16)15-11(24)12-9(28-15)7-27-30(25,26)29-12/h8-9,11-12,15,24H,1-7,17H2,(H,19,22)(H,25,26)(H2,18,20,21)/t9-,11+,12?,15-/m1/s1. The lowest BCUT2D eigenvalue weighted by atomic mass is 10.1. The van der Waals surface area contributed by atoms with Crippen LogP contribution in [0.15, 0.2) is 6.33 Å². The van der Waals surface area contributed by atoms with Crippen LogP contribution in [-0.2, 0) is 18.3 Å². The fourth-order valence-electron chi connectivity index (χ4n) is 3.66. The molecule has 0 bridgehead atoms. The Morgan fingerprint density at radius 1 is 1.30 bits per heavy atom. The highest BCUT2D eigenvalue weighted by Crippen LogP contribution is 2.52. The monoisotopic (exact) mass is 443 g/mol. The van der Waals surface area contributed by atoms with Crippen molar-refractivity contribution in [1.29, 1.82) is 0 Å². The Bertz CT molecular complexity index is 942. The van der Waals surface area contributed by atoms with Crippen LogP contribution in [0, 0.1) is 0 Å². The van der Waals surface area contributed by atoms with E-state index in [9.17, 15) is 14.6 Å². The topological polar surface area (TPSA) is 193 Å². The maximum absolute atomic E-state index is 11.8. The van der Waals surface area contributed by atoms with Gasteiger partial charge in [0.05, 0.1) is 6.61 Å². The van der Waals surface area contributed by atoms with Crippen LogP contribution in [0.1, 0.15) is 31.9 Å². The number of hydrogen-bond donors (Lipinski definition) is 5. The van der Waals surface area contributed by atoms with Gasteiger partial charge in [-0.2, -0.15) is 0 Å². The maximum Gasteiger partial charge on any atom is 0.472 e. The van der Waals surface area contributed by atoms with Crippen molar-refractivity contribution in [2.75, 3.05) is 30.7 Å². The van der Waals surface area contributed by atoms with Crippen LogP contribution in [0.4, 0.5) is 11.8 Å².